The Kier molecular flexibility index (Phi) is 7.14. The highest BCUT2D eigenvalue weighted by Gasteiger charge is 2.32. The quantitative estimate of drug-likeness (QED) is 0.229. The van der Waals surface area contributed by atoms with E-state index < -0.39 is 0 Å². The largest absolute Gasteiger partial charge is 0.351 e. The number of nitrogens with one attached hydrogen (secondary N) is 1. The summed E-state index contributed by atoms with van der Waals surface area (Å²) < 4.78 is 2.33. The highest BCUT2D eigenvalue weighted by molar-refractivity contribution is 6.30. The van der Waals surface area contributed by atoms with Gasteiger partial charge in [0.15, 0.2) is 0 Å². The van der Waals surface area contributed by atoms with Crippen LogP contribution in [-0.2, 0) is 17.9 Å². The Labute approximate surface area is 235 Å². The van der Waals surface area contributed by atoms with Crippen LogP contribution in [0.25, 0.3) is 21.9 Å². The van der Waals surface area contributed by atoms with Crippen LogP contribution in [0, 0.1) is 19.8 Å². The number of nitrogens with zero attached hydrogens (tertiary/aromatic N) is 2. The molecule has 0 aliphatic heterocycles. The normalized spacial score (nSPS) is 14.7. The fraction of sp³-hybridized carbons (Fsp3) is 0.294. The van der Waals surface area contributed by atoms with Crippen molar-refractivity contribution in [2.45, 2.75) is 58.5 Å². The molecule has 0 bridgehead atoms. The summed E-state index contributed by atoms with van der Waals surface area (Å²) in [5, 5.41) is 6.38. The Hall–Kier alpha value is -3.63. The second-order valence-corrected chi connectivity index (χ2v) is 11.4. The van der Waals surface area contributed by atoms with Crippen LogP contribution in [0.5, 0.6) is 0 Å². The number of pyridine rings is 1. The van der Waals surface area contributed by atoms with Crippen molar-refractivity contribution >= 4 is 39.4 Å². The standard InChI is InChI=1S/C34H34ClN3O/c1-22-19-23(2)37-33-31(22)29-9-5-6-10-30(29)38(33)21-25-11-15-27(16-12-25)32(26-7-3-4-8-26)34(39)36-20-24-13-17-28(35)18-14-24/h5-6,9-19,26,32H,3-4,7-8,20-21H2,1-2H3,(H,36,39). The molecule has 1 aliphatic carbocycles. The number of fused-ring (bicyclic) bond motifs is 3. The van der Waals surface area contributed by atoms with Crippen molar-refractivity contribution in [3.63, 3.8) is 0 Å². The maximum Gasteiger partial charge on any atom is 0.228 e. The molecule has 1 saturated carbocycles. The first kappa shape index (κ1) is 25.6. The molecule has 0 saturated heterocycles. The number of carbonyl (C=O) groups is 1. The van der Waals surface area contributed by atoms with Gasteiger partial charge >= 0.3 is 0 Å². The van der Waals surface area contributed by atoms with E-state index in [9.17, 15) is 4.79 Å². The summed E-state index contributed by atoms with van der Waals surface area (Å²) in [5.74, 6) is 0.366. The lowest BCUT2D eigenvalue weighted by Crippen LogP contribution is -2.32. The third kappa shape index (κ3) is 5.18. The first-order valence-electron chi connectivity index (χ1n) is 13.9. The Morgan fingerprint density at radius 3 is 2.41 bits per heavy atom. The molecule has 5 heteroatoms. The summed E-state index contributed by atoms with van der Waals surface area (Å²) >= 11 is 6.03. The van der Waals surface area contributed by atoms with Crippen LogP contribution in [0.2, 0.25) is 5.02 Å². The molecule has 198 valence electrons. The van der Waals surface area contributed by atoms with E-state index >= 15 is 0 Å². The van der Waals surface area contributed by atoms with E-state index in [1.807, 2.05) is 24.3 Å². The predicted molar refractivity (Wildman–Crippen MR) is 160 cm³/mol. The van der Waals surface area contributed by atoms with Gasteiger partial charge in [0.2, 0.25) is 5.91 Å². The van der Waals surface area contributed by atoms with Gasteiger partial charge in [0.1, 0.15) is 5.65 Å². The van der Waals surface area contributed by atoms with E-state index in [4.69, 9.17) is 16.6 Å². The zero-order valence-corrected chi connectivity index (χ0v) is 23.3. The summed E-state index contributed by atoms with van der Waals surface area (Å²) in [6.45, 7) is 5.47. The highest BCUT2D eigenvalue weighted by atomic mass is 35.5. The molecule has 1 N–H and O–H groups in total. The van der Waals surface area contributed by atoms with E-state index in [0.717, 1.165) is 41.9 Å². The fourth-order valence-electron chi connectivity index (χ4n) is 6.38. The lowest BCUT2D eigenvalue weighted by molar-refractivity contribution is -0.123. The van der Waals surface area contributed by atoms with Gasteiger partial charge < -0.3 is 9.88 Å². The second-order valence-electron chi connectivity index (χ2n) is 11.0. The minimum absolute atomic E-state index is 0.113. The molecule has 5 aromatic rings. The minimum Gasteiger partial charge on any atom is -0.351 e. The number of aromatic nitrogens is 2. The average Bonchev–Trinajstić information content (AvgIpc) is 3.57. The minimum atomic E-state index is -0.131. The molecule has 4 nitrogen and oxygen atoms in total. The Balaban J connectivity index is 1.27. The van der Waals surface area contributed by atoms with Gasteiger partial charge in [-0.3, -0.25) is 4.79 Å². The Bertz CT molecular complexity index is 1630. The van der Waals surface area contributed by atoms with Gasteiger partial charge in [-0.05, 0) is 79.1 Å². The average molecular weight is 536 g/mol. The van der Waals surface area contributed by atoms with Gasteiger partial charge in [-0.15, -0.1) is 0 Å². The fourth-order valence-corrected chi connectivity index (χ4v) is 6.51. The van der Waals surface area contributed by atoms with Crippen LogP contribution in [0.4, 0.5) is 0 Å². The maximum absolute atomic E-state index is 13.5. The number of hydrogen-bond donors (Lipinski definition) is 1. The van der Waals surface area contributed by atoms with Crippen molar-refractivity contribution in [1.82, 2.24) is 14.9 Å². The second kappa shape index (κ2) is 10.9. The number of rotatable bonds is 7. The molecule has 1 fully saturated rings. The summed E-state index contributed by atoms with van der Waals surface area (Å²) in [6.07, 6.45) is 4.60. The molecule has 1 atom stereocenters. The SMILES string of the molecule is Cc1cc(C)c2c3ccccc3n(Cc3ccc(C(C(=O)NCc4ccc(Cl)cc4)C4CCCC4)cc3)c2n1. The topological polar surface area (TPSA) is 46.9 Å². The molecule has 0 spiro atoms. The van der Waals surface area contributed by atoms with Gasteiger partial charge in [-0.1, -0.05) is 79.0 Å². The maximum atomic E-state index is 13.5. The summed E-state index contributed by atoms with van der Waals surface area (Å²) in [5.41, 5.74) is 7.88. The van der Waals surface area contributed by atoms with E-state index in [-0.39, 0.29) is 11.8 Å². The number of hydrogen-bond acceptors (Lipinski definition) is 2. The molecule has 1 aliphatic rings. The number of amides is 1. The van der Waals surface area contributed by atoms with Crippen molar-refractivity contribution in [3.8, 4) is 0 Å². The summed E-state index contributed by atoms with van der Waals surface area (Å²) in [7, 11) is 0. The molecule has 1 unspecified atom stereocenters. The van der Waals surface area contributed by atoms with Crippen molar-refractivity contribution < 1.29 is 4.79 Å². The molecule has 6 rings (SSSR count). The van der Waals surface area contributed by atoms with Crippen LogP contribution in [0.15, 0.2) is 78.9 Å². The first-order valence-corrected chi connectivity index (χ1v) is 14.3. The number of halogens is 1. The molecular formula is C34H34ClN3O. The van der Waals surface area contributed by atoms with E-state index in [0.29, 0.717) is 17.5 Å². The Morgan fingerprint density at radius 2 is 1.67 bits per heavy atom. The smallest absolute Gasteiger partial charge is 0.228 e. The van der Waals surface area contributed by atoms with E-state index in [1.54, 1.807) is 0 Å². The lowest BCUT2D eigenvalue weighted by Gasteiger charge is -2.23. The van der Waals surface area contributed by atoms with Crippen LogP contribution < -0.4 is 5.32 Å². The number of benzene rings is 3. The van der Waals surface area contributed by atoms with Gasteiger partial charge in [-0.2, -0.15) is 0 Å². The van der Waals surface area contributed by atoms with Crippen molar-refractivity contribution in [2.24, 2.45) is 5.92 Å². The van der Waals surface area contributed by atoms with E-state index in [1.165, 1.54) is 40.3 Å². The monoisotopic (exact) mass is 535 g/mol. The highest BCUT2D eigenvalue weighted by Crippen LogP contribution is 2.38. The molecular weight excluding hydrogens is 502 g/mol. The van der Waals surface area contributed by atoms with Crippen molar-refractivity contribution in [1.29, 1.82) is 0 Å². The van der Waals surface area contributed by atoms with Crippen LogP contribution in [-0.4, -0.2) is 15.5 Å². The van der Waals surface area contributed by atoms with Crippen LogP contribution in [0.1, 0.15) is 59.5 Å². The lowest BCUT2D eigenvalue weighted by atomic mass is 9.83. The Morgan fingerprint density at radius 1 is 0.974 bits per heavy atom. The molecule has 0 radical (unpaired) electrons. The number of aryl methyl sites for hydroxylation is 2. The zero-order chi connectivity index (χ0) is 26.9. The summed E-state index contributed by atoms with van der Waals surface area (Å²) in [6, 6.07) is 27.1. The predicted octanol–water partition coefficient (Wildman–Crippen LogP) is 8.10. The zero-order valence-electron chi connectivity index (χ0n) is 22.6. The molecule has 2 aromatic heterocycles. The van der Waals surface area contributed by atoms with Gasteiger partial charge in [0.25, 0.3) is 0 Å². The van der Waals surface area contributed by atoms with Crippen LogP contribution >= 0.6 is 11.6 Å². The first-order chi connectivity index (χ1) is 19.0. The van der Waals surface area contributed by atoms with Gasteiger partial charge in [0, 0.05) is 34.6 Å². The number of para-hydroxylation sites is 1. The summed E-state index contributed by atoms with van der Waals surface area (Å²) in [4.78, 5) is 18.5. The van der Waals surface area contributed by atoms with Crippen molar-refractivity contribution in [3.05, 3.63) is 112 Å². The molecule has 39 heavy (non-hydrogen) atoms. The van der Waals surface area contributed by atoms with Crippen LogP contribution in [0.3, 0.4) is 0 Å². The van der Waals surface area contributed by atoms with Gasteiger partial charge in [-0.25, -0.2) is 4.98 Å². The number of carbonyl (C=O) groups excluding carboxylic acids is 1. The third-order valence-electron chi connectivity index (χ3n) is 8.26. The molecule has 2 heterocycles. The van der Waals surface area contributed by atoms with Gasteiger partial charge in [0.05, 0.1) is 11.4 Å². The van der Waals surface area contributed by atoms with Crippen molar-refractivity contribution in [2.75, 3.05) is 0 Å². The third-order valence-corrected chi connectivity index (χ3v) is 8.51. The molecule has 3 aromatic carbocycles. The molecule has 1 amide bonds. The van der Waals surface area contributed by atoms with E-state index in [2.05, 4.69) is 78.3 Å².